The molecule has 0 aliphatic carbocycles. The maximum Gasteiger partial charge on any atom is 0.303 e. The number of hydrogen-bond acceptors (Lipinski definition) is 4. The van der Waals surface area contributed by atoms with E-state index in [-0.39, 0.29) is 24.9 Å². The van der Waals surface area contributed by atoms with E-state index < -0.39 is 5.97 Å². The highest BCUT2D eigenvalue weighted by atomic mass is 35.5. The Morgan fingerprint density at radius 2 is 2.08 bits per heavy atom. The van der Waals surface area contributed by atoms with Crippen LogP contribution in [0.25, 0.3) is 0 Å². The number of aliphatic carboxylic acids is 1. The lowest BCUT2D eigenvalue weighted by molar-refractivity contribution is -0.138. The molecule has 0 saturated carbocycles. The first-order valence-corrected chi connectivity index (χ1v) is 8.46. The minimum absolute atomic E-state index is 0.0188. The number of nitrogens with zero attached hydrogens (tertiary/aromatic N) is 1. The molecule has 0 aromatic heterocycles. The second kappa shape index (κ2) is 9.22. The van der Waals surface area contributed by atoms with Crippen molar-refractivity contribution in [1.82, 2.24) is 10.2 Å². The van der Waals surface area contributed by atoms with E-state index in [0.29, 0.717) is 29.7 Å². The number of rotatable bonds is 7. The zero-order chi connectivity index (χ0) is 17.5. The van der Waals surface area contributed by atoms with Gasteiger partial charge in [0.25, 0.3) is 0 Å². The number of carbonyl (C=O) groups excluding carboxylic acids is 1. The molecule has 0 bridgehead atoms. The molecule has 1 aliphatic rings. The van der Waals surface area contributed by atoms with E-state index in [1.165, 1.54) is 0 Å². The van der Waals surface area contributed by atoms with E-state index in [4.69, 9.17) is 33.0 Å². The molecule has 132 valence electrons. The SMILES string of the molecule is O=C(O)CCC(=O)NC[C@H]1CN(Cc2ccc(Cl)c(Cl)c2)CCO1. The molecule has 2 rings (SSSR count). The van der Waals surface area contributed by atoms with Crippen molar-refractivity contribution in [3.05, 3.63) is 33.8 Å². The number of amides is 1. The fourth-order valence-corrected chi connectivity index (χ4v) is 2.80. The quantitative estimate of drug-likeness (QED) is 0.764. The van der Waals surface area contributed by atoms with Crippen molar-refractivity contribution in [2.24, 2.45) is 0 Å². The number of hydrogen-bond donors (Lipinski definition) is 2. The molecular formula is C16H20Cl2N2O4. The molecule has 1 aliphatic heterocycles. The Bertz CT molecular complexity index is 597. The third-order valence-electron chi connectivity index (χ3n) is 3.71. The van der Waals surface area contributed by atoms with Crippen LogP contribution in [-0.4, -0.2) is 54.2 Å². The van der Waals surface area contributed by atoms with E-state index in [1.807, 2.05) is 12.1 Å². The van der Waals surface area contributed by atoms with Crippen LogP contribution in [0, 0.1) is 0 Å². The smallest absolute Gasteiger partial charge is 0.303 e. The summed E-state index contributed by atoms with van der Waals surface area (Å²) in [6, 6.07) is 5.56. The van der Waals surface area contributed by atoms with Crippen LogP contribution in [0.15, 0.2) is 18.2 Å². The van der Waals surface area contributed by atoms with Gasteiger partial charge in [-0.3, -0.25) is 14.5 Å². The van der Waals surface area contributed by atoms with Gasteiger partial charge in [-0.05, 0) is 17.7 Å². The van der Waals surface area contributed by atoms with Crippen LogP contribution < -0.4 is 5.32 Å². The summed E-state index contributed by atoms with van der Waals surface area (Å²) >= 11 is 12.0. The van der Waals surface area contributed by atoms with Gasteiger partial charge in [0.2, 0.25) is 5.91 Å². The van der Waals surface area contributed by atoms with Crippen molar-refractivity contribution in [1.29, 1.82) is 0 Å². The lowest BCUT2D eigenvalue weighted by atomic mass is 10.2. The van der Waals surface area contributed by atoms with Crippen LogP contribution in [0.3, 0.4) is 0 Å². The van der Waals surface area contributed by atoms with Gasteiger partial charge in [0.1, 0.15) is 0 Å². The molecular weight excluding hydrogens is 355 g/mol. The minimum Gasteiger partial charge on any atom is -0.481 e. The monoisotopic (exact) mass is 374 g/mol. The van der Waals surface area contributed by atoms with Gasteiger partial charge in [0.15, 0.2) is 0 Å². The molecule has 6 nitrogen and oxygen atoms in total. The fraction of sp³-hybridized carbons (Fsp3) is 0.500. The molecule has 1 aromatic rings. The molecule has 1 fully saturated rings. The molecule has 0 spiro atoms. The zero-order valence-corrected chi connectivity index (χ0v) is 14.6. The number of nitrogens with one attached hydrogen (secondary N) is 1. The van der Waals surface area contributed by atoms with Crippen molar-refractivity contribution >= 4 is 35.1 Å². The maximum atomic E-state index is 11.6. The number of morpholine rings is 1. The molecule has 2 N–H and O–H groups in total. The summed E-state index contributed by atoms with van der Waals surface area (Å²) in [5.41, 5.74) is 1.07. The zero-order valence-electron chi connectivity index (χ0n) is 13.1. The van der Waals surface area contributed by atoms with Gasteiger partial charge >= 0.3 is 5.97 Å². The highest BCUT2D eigenvalue weighted by Gasteiger charge is 2.21. The number of carboxylic acid groups (broad SMARTS) is 1. The molecule has 1 atom stereocenters. The number of ether oxygens (including phenoxy) is 1. The van der Waals surface area contributed by atoms with Gasteiger partial charge in [-0.25, -0.2) is 0 Å². The molecule has 1 aromatic carbocycles. The summed E-state index contributed by atoms with van der Waals surface area (Å²) < 4.78 is 5.64. The number of halogens is 2. The number of carboxylic acids is 1. The summed E-state index contributed by atoms with van der Waals surface area (Å²) in [7, 11) is 0. The Labute approximate surface area is 150 Å². The molecule has 0 unspecified atom stereocenters. The Hall–Kier alpha value is -1.34. The van der Waals surface area contributed by atoms with Crippen LogP contribution in [0.5, 0.6) is 0 Å². The fourth-order valence-electron chi connectivity index (χ4n) is 2.48. The largest absolute Gasteiger partial charge is 0.481 e. The van der Waals surface area contributed by atoms with Crippen molar-refractivity contribution in [2.75, 3.05) is 26.2 Å². The Morgan fingerprint density at radius 3 is 2.79 bits per heavy atom. The predicted octanol–water partition coefficient (Wildman–Crippen LogP) is 2.18. The van der Waals surface area contributed by atoms with Crippen LogP contribution >= 0.6 is 23.2 Å². The topological polar surface area (TPSA) is 78.9 Å². The van der Waals surface area contributed by atoms with E-state index in [0.717, 1.165) is 18.7 Å². The van der Waals surface area contributed by atoms with Gasteiger partial charge in [0, 0.05) is 32.6 Å². The van der Waals surface area contributed by atoms with Gasteiger partial charge < -0.3 is 15.2 Å². The van der Waals surface area contributed by atoms with Gasteiger partial charge in [-0.1, -0.05) is 29.3 Å². The summed E-state index contributed by atoms with van der Waals surface area (Å²) in [4.78, 5) is 24.2. The van der Waals surface area contributed by atoms with Crippen molar-refractivity contribution in [3.63, 3.8) is 0 Å². The van der Waals surface area contributed by atoms with E-state index in [2.05, 4.69) is 10.2 Å². The van der Waals surface area contributed by atoms with E-state index in [9.17, 15) is 9.59 Å². The van der Waals surface area contributed by atoms with Crippen LogP contribution in [0.4, 0.5) is 0 Å². The molecule has 24 heavy (non-hydrogen) atoms. The average Bonchev–Trinajstić information content (AvgIpc) is 2.55. The standard InChI is InChI=1S/C16H20Cl2N2O4/c17-13-2-1-11(7-14(13)18)9-20-5-6-24-12(10-20)8-19-15(21)3-4-16(22)23/h1-2,7,12H,3-6,8-10H2,(H,19,21)(H,22,23)/t12-/m0/s1. The lowest BCUT2D eigenvalue weighted by Gasteiger charge is -2.33. The first-order chi connectivity index (χ1) is 11.4. The average molecular weight is 375 g/mol. The second-order valence-electron chi connectivity index (χ2n) is 5.67. The molecule has 1 amide bonds. The third-order valence-corrected chi connectivity index (χ3v) is 4.44. The van der Waals surface area contributed by atoms with Crippen molar-refractivity contribution < 1.29 is 19.4 Å². The van der Waals surface area contributed by atoms with Crippen molar-refractivity contribution in [2.45, 2.75) is 25.5 Å². The molecule has 0 radical (unpaired) electrons. The van der Waals surface area contributed by atoms with Crippen LogP contribution in [-0.2, 0) is 20.9 Å². The Kier molecular flexibility index (Phi) is 7.30. The van der Waals surface area contributed by atoms with Gasteiger partial charge in [-0.2, -0.15) is 0 Å². The van der Waals surface area contributed by atoms with Gasteiger partial charge in [0.05, 0.1) is 29.2 Å². The molecule has 8 heteroatoms. The van der Waals surface area contributed by atoms with E-state index >= 15 is 0 Å². The van der Waals surface area contributed by atoms with Crippen LogP contribution in [0.1, 0.15) is 18.4 Å². The van der Waals surface area contributed by atoms with Crippen molar-refractivity contribution in [3.8, 4) is 0 Å². The highest BCUT2D eigenvalue weighted by Crippen LogP contribution is 2.23. The first-order valence-electron chi connectivity index (χ1n) is 7.70. The third kappa shape index (κ3) is 6.28. The van der Waals surface area contributed by atoms with Crippen LogP contribution in [0.2, 0.25) is 10.0 Å². The minimum atomic E-state index is -0.980. The Balaban J connectivity index is 1.77. The summed E-state index contributed by atoms with van der Waals surface area (Å²) in [6.07, 6.45) is -0.300. The summed E-state index contributed by atoms with van der Waals surface area (Å²) in [5, 5.41) is 12.3. The van der Waals surface area contributed by atoms with Gasteiger partial charge in [-0.15, -0.1) is 0 Å². The first kappa shape index (κ1) is 19.0. The normalized spacial score (nSPS) is 18.3. The Morgan fingerprint density at radius 1 is 1.29 bits per heavy atom. The molecule has 1 heterocycles. The maximum absolute atomic E-state index is 11.6. The number of carbonyl (C=O) groups is 2. The highest BCUT2D eigenvalue weighted by molar-refractivity contribution is 6.42. The second-order valence-corrected chi connectivity index (χ2v) is 6.49. The predicted molar refractivity (Wildman–Crippen MR) is 91.4 cm³/mol. The molecule has 1 saturated heterocycles. The summed E-state index contributed by atoms with van der Waals surface area (Å²) in [6.45, 7) is 3.15. The lowest BCUT2D eigenvalue weighted by Crippen LogP contribution is -2.47. The number of benzene rings is 1. The summed E-state index contributed by atoms with van der Waals surface area (Å²) in [5.74, 6) is -1.26. The van der Waals surface area contributed by atoms with E-state index in [1.54, 1.807) is 6.07 Å².